The van der Waals surface area contributed by atoms with Crippen LogP contribution in [0.15, 0.2) is 0 Å². The van der Waals surface area contributed by atoms with Crippen molar-refractivity contribution in [1.82, 2.24) is 5.32 Å². The highest BCUT2D eigenvalue weighted by Gasteiger charge is 2.20. The number of hydrogen-bond acceptors (Lipinski definition) is 1. The van der Waals surface area contributed by atoms with Crippen LogP contribution in [0, 0.1) is 12.3 Å². The minimum atomic E-state index is -0.0469. The maximum Gasteiger partial charge on any atom is 0.0792 e. The zero-order valence-corrected chi connectivity index (χ0v) is 7.20. The molecule has 0 fully saturated rings. The zero-order valence-electron chi connectivity index (χ0n) is 7.20. The number of nitrogens with one attached hydrogen (secondary N) is 1. The van der Waals surface area contributed by atoms with Gasteiger partial charge in [-0.2, -0.15) is 0 Å². The summed E-state index contributed by atoms with van der Waals surface area (Å²) in [6.07, 6.45) is 7.42. The quantitative estimate of drug-likeness (QED) is 0.585. The molecule has 1 heteroatoms. The normalized spacial score (nSPS) is 11.0. The van der Waals surface area contributed by atoms with Crippen molar-refractivity contribution in [1.29, 1.82) is 0 Å². The van der Waals surface area contributed by atoms with Crippen molar-refractivity contribution in [2.75, 3.05) is 6.54 Å². The lowest BCUT2D eigenvalue weighted by Crippen LogP contribution is -2.42. The van der Waals surface area contributed by atoms with Gasteiger partial charge in [-0.25, -0.2) is 0 Å². The first kappa shape index (κ1) is 9.52. The molecular weight excluding hydrogens is 122 g/mol. The van der Waals surface area contributed by atoms with Crippen LogP contribution < -0.4 is 5.32 Å². The molecule has 0 bridgehead atoms. The number of terminal acetylenes is 1. The molecule has 0 unspecified atom stereocenters. The van der Waals surface area contributed by atoms with Crippen LogP contribution in [0.2, 0.25) is 0 Å². The van der Waals surface area contributed by atoms with E-state index >= 15 is 0 Å². The van der Waals surface area contributed by atoms with Crippen LogP contribution in [0.5, 0.6) is 0 Å². The molecule has 0 aliphatic rings. The van der Waals surface area contributed by atoms with Crippen LogP contribution >= 0.6 is 0 Å². The van der Waals surface area contributed by atoms with Gasteiger partial charge in [-0.05, 0) is 19.4 Å². The molecule has 0 aromatic carbocycles. The van der Waals surface area contributed by atoms with Crippen molar-refractivity contribution in [2.45, 2.75) is 39.2 Å². The lowest BCUT2D eigenvalue weighted by atomic mass is 9.94. The summed E-state index contributed by atoms with van der Waals surface area (Å²) in [7, 11) is 0. The highest BCUT2D eigenvalue weighted by atomic mass is 14.9. The van der Waals surface area contributed by atoms with E-state index in [1.165, 1.54) is 0 Å². The number of hydrogen-bond donors (Lipinski definition) is 1. The second kappa shape index (κ2) is 4.35. The fraction of sp³-hybridized carbons (Fsp3) is 0.778. The predicted octanol–water partition coefficient (Wildman–Crippen LogP) is 1.79. The summed E-state index contributed by atoms with van der Waals surface area (Å²) in [5.41, 5.74) is -0.0469. The minimum Gasteiger partial charge on any atom is -0.301 e. The van der Waals surface area contributed by atoms with E-state index < -0.39 is 0 Å². The van der Waals surface area contributed by atoms with E-state index in [4.69, 9.17) is 6.42 Å². The molecule has 0 amide bonds. The summed E-state index contributed by atoms with van der Waals surface area (Å²) in [5, 5.41) is 3.31. The van der Waals surface area contributed by atoms with Crippen LogP contribution in [0.3, 0.4) is 0 Å². The third-order valence-electron chi connectivity index (χ3n) is 2.00. The zero-order chi connectivity index (χ0) is 8.04. The van der Waals surface area contributed by atoms with Gasteiger partial charge in [-0.15, -0.1) is 6.42 Å². The molecular formula is C9H17N. The average Bonchev–Trinajstić information content (AvgIpc) is 2.01. The topological polar surface area (TPSA) is 12.0 Å². The second-order valence-electron chi connectivity index (χ2n) is 2.46. The van der Waals surface area contributed by atoms with Crippen molar-refractivity contribution in [3.05, 3.63) is 0 Å². The lowest BCUT2D eigenvalue weighted by Gasteiger charge is -2.26. The van der Waals surface area contributed by atoms with Crippen LogP contribution in [-0.4, -0.2) is 12.1 Å². The first-order valence-electron chi connectivity index (χ1n) is 3.97. The lowest BCUT2D eigenvalue weighted by molar-refractivity contribution is 0.402. The van der Waals surface area contributed by atoms with E-state index in [0.717, 1.165) is 19.4 Å². The van der Waals surface area contributed by atoms with Crippen LogP contribution in [-0.2, 0) is 0 Å². The third kappa shape index (κ3) is 2.04. The van der Waals surface area contributed by atoms with Gasteiger partial charge in [0.1, 0.15) is 0 Å². The van der Waals surface area contributed by atoms with Gasteiger partial charge >= 0.3 is 0 Å². The second-order valence-corrected chi connectivity index (χ2v) is 2.46. The fourth-order valence-corrected chi connectivity index (χ4v) is 1.09. The van der Waals surface area contributed by atoms with E-state index in [2.05, 4.69) is 32.0 Å². The summed E-state index contributed by atoms with van der Waals surface area (Å²) >= 11 is 0. The fourth-order valence-electron chi connectivity index (χ4n) is 1.09. The van der Waals surface area contributed by atoms with Crippen molar-refractivity contribution in [2.24, 2.45) is 0 Å². The van der Waals surface area contributed by atoms with Gasteiger partial charge in [0.25, 0.3) is 0 Å². The maximum absolute atomic E-state index is 5.40. The van der Waals surface area contributed by atoms with E-state index in [-0.39, 0.29) is 5.54 Å². The van der Waals surface area contributed by atoms with Crippen molar-refractivity contribution in [3.63, 3.8) is 0 Å². The minimum absolute atomic E-state index is 0.0469. The molecule has 0 aromatic rings. The Kier molecular flexibility index (Phi) is 4.14. The molecule has 0 radical (unpaired) electrons. The molecule has 0 aliphatic heterocycles. The molecule has 0 rings (SSSR count). The van der Waals surface area contributed by atoms with Gasteiger partial charge in [-0.3, -0.25) is 0 Å². The molecule has 0 heterocycles. The van der Waals surface area contributed by atoms with Gasteiger partial charge < -0.3 is 5.32 Å². The molecule has 0 aromatic heterocycles. The molecule has 1 nitrogen and oxygen atoms in total. The smallest absolute Gasteiger partial charge is 0.0792 e. The van der Waals surface area contributed by atoms with Gasteiger partial charge in [0.05, 0.1) is 5.54 Å². The van der Waals surface area contributed by atoms with Crippen molar-refractivity contribution < 1.29 is 0 Å². The third-order valence-corrected chi connectivity index (χ3v) is 2.00. The highest BCUT2D eigenvalue weighted by Crippen LogP contribution is 2.12. The molecule has 0 saturated heterocycles. The molecule has 0 spiro atoms. The Hall–Kier alpha value is -0.480. The monoisotopic (exact) mass is 139 g/mol. The summed E-state index contributed by atoms with van der Waals surface area (Å²) < 4.78 is 0. The average molecular weight is 139 g/mol. The first-order valence-corrected chi connectivity index (χ1v) is 3.97. The Bertz CT molecular complexity index is 117. The van der Waals surface area contributed by atoms with E-state index in [1.807, 2.05) is 0 Å². The summed E-state index contributed by atoms with van der Waals surface area (Å²) in [5.74, 6) is 2.80. The van der Waals surface area contributed by atoms with E-state index in [0.29, 0.717) is 0 Å². The molecule has 58 valence electrons. The Labute approximate surface area is 64.2 Å². The van der Waals surface area contributed by atoms with Crippen LogP contribution in [0.4, 0.5) is 0 Å². The Morgan fingerprint density at radius 3 is 1.90 bits per heavy atom. The first-order chi connectivity index (χ1) is 4.74. The van der Waals surface area contributed by atoms with Gasteiger partial charge in [0.2, 0.25) is 0 Å². The van der Waals surface area contributed by atoms with Crippen LogP contribution in [0.25, 0.3) is 0 Å². The molecule has 1 N–H and O–H groups in total. The van der Waals surface area contributed by atoms with Gasteiger partial charge in [0.15, 0.2) is 0 Å². The predicted molar refractivity (Wildman–Crippen MR) is 45.8 cm³/mol. The largest absolute Gasteiger partial charge is 0.301 e. The molecule has 0 saturated carbocycles. The van der Waals surface area contributed by atoms with Crippen molar-refractivity contribution >= 4 is 0 Å². The van der Waals surface area contributed by atoms with Crippen LogP contribution in [0.1, 0.15) is 33.6 Å². The summed E-state index contributed by atoms with van der Waals surface area (Å²) in [6.45, 7) is 7.27. The van der Waals surface area contributed by atoms with Gasteiger partial charge in [-0.1, -0.05) is 26.7 Å². The standard InChI is InChI=1S/C9H17N/c1-5-9(6-2,7-3)10-8-4/h1,10H,6-8H2,2-4H3. The molecule has 10 heavy (non-hydrogen) atoms. The van der Waals surface area contributed by atoms with E-state index in [9.17, 15) is 0 Å². The summed E-state index contributed by atoms with van der Waals surface area (Å²) in [6, 6.07) is 0. The number of rotatable bonds is 4. The van der Waals surface area contributed by atoms with Crippen molar-refractivity contribution in [3.8, 4) is 12.3 Å². The molecule has 0 aliphatic carbocycles. The highest BCUT2D eigenvalue weighted by molar-refractivity contribution is 5.11. The SMILES string of the molecule is C#CC(CC)(CC)NCC. The Morgan fingerprint density at radius 2 is 1.80 bits per heavy atom. The molecule has 0 atom stereocenters. The van der Waals surface area contributed by atoms with E-state index in [1.54, 1.807) is 0 Å². The Balaban J connectivity index is 4.05. The van der Waals surface area contributed by atoms with Gasteiger partial charge in [0, 0.05) is 0 Å². The summed E-state index contributed by atoms with van der Waals surface area (Å²) in [4.78, 5) is 0. The maximum atomic E-state index is 5.40. The Morgan fingerprint density at radius 1 is 1.30 bits per heavy atom.